The molecule has 0 aliphatic heterocycles. The van der Waals surface area contributed by atoms with Gasteiger partial charge in [-0.15, -0.1) is 0 Å². The summed E-state index contributed by atoms with van der Waals surface area (Å²) in [5, 5.41) is 2.62. The molecule has 4 nitrogen and oxygen atoms in total. The van der Waals surface area contributed by atoms with Crippen molar-refractivity contribution in [3.63, 3.8) is 0 Å². The average molecular weight is 629 g/mol. The lowest BCUT2D eigenvalue weighted by atomic mass is 9.80. The number of benzene rings is 6. The topological polar surface area (TPSA) is 51.6 Å². The van der Waals surface area contributed by atoms with Gasteiger partial charge in [0.1, 0.15) is 0 Å². The van der Waals surface area contributed by atoms with Gasteiger partial charge in [-0.05, 0) is 79.5 Å². The summed E-state index contributed by atoms with van der Waals surface area (Å²) in [4.78, 5) is 19.2. The van der Waals surface area contributed by atoms with Crippen molar-refractivity contribution in [3.8, 4) is 67.5 Å². The van der Waals surface area contributed by atoms with Crippen LogP contribution in [0.4, 0.5) is 0 Å². The molecule has 8 aromatic rings. The van der Waals surface area contributed by atoms with E-state index in [9.17, 15) is 0 Å². The zero-order valence-electron chi connectivity index (χ0n) is 27.3. The Morgan fingerprint density at radius 2 is 1.04 bits per heavy atom. The van der Waals surface area contributed by atoms with Crippen LogP contribution in [0.1, 0.15) is 25.0 Å². The van der Waals surface area contributed by atoms with Crippen LogP contribution in [-0.4, -0.2) is 19.9 Å². The van der Waals surface area contributed by atoms with Crippen molar-refractivity contribution in [1.82, 2.24) is 19.9 Å². The molecule has 0 amide bonds. The lowest BCUT2D eigenvalue weighted by molar-refractivity contribution is 0.666. The van der Waals surface area contributed by atoms with E-state index in [2.05, 4.69) is 146 Å². The number of fused-ring (bicyclic) bond motifs is 5. The molecule has 0 saturated heterocycles. The quantitative estimate of drug-likeness (QED) is 0.190. The van der Waals surface area contributed by atoms with Crippen LogP contribution in [0.15, 0.2) is 158 Å². The maximum Gasteiger partial charge on any atom is 0.165 e. The van der Waals surface area contributed by atoms with E-state index in [4.69, 9.17) is 15.0 Å². The summed E-state index contributed by atoms with van der Waals surface area (Å²) in [5.41, 5.74) is 12.7. The monoisotopic (exact) mass is 628 g/mol. The van der Waals surface area contributed by atoms with E-state index in [0.717, 1.165) is 33.4 Å². The first-order chi connectivity index (χ1) is 24.0. The van der Waals surface area contributed by atoms with Gasteiger partial charge in [-0.25, -0.2) is 15.0 Å². The number of hydrogen-bond acceptors (Lipinski definition) is 4. The second-order valence-corrected chi connectivity index (χ2v) is 13.2. The highest BCUT2D eigenvalue weighted by molar-refractivity contribution is 5.98. The minimum Gasteiger partial charge on any atom is -0.264 e. The van der Waals surface area contributed by atoms with Crippen molar-refractivity contribution in [2.45, 2.75) is 19.3 Å². The van der Waals surface area contributed by atoms with Crippen molar-refractivity contribution in [1.29, 1.82) is 0 Å². The molecule has 1 aliphatic carbocycles. The van der Waals surface area contributed by atoms with Crippen molar-refractivity contribution in [2.75, 3.05) is 0 Å². The van der Waals surface area contributed by atoms with Crippen LogP contribution < -0.4 is 0 Å². The molecule has 2 heterocycles. The van der Waals surface area contributed by atoms with Crippen LogP contribution in [0, 0.1) is 0 Å². The fraction of sp³-hybridized carbons (Fsp3) is 0.0667. The van der Waals surface area contributed by atoms with Gasteiger partial charge in [-0.1, -0.05) is 135 Å². The normalized spacial score (nSPS) is 12.9. The van der Waals surface area contributed by atoms with Crippen molar-refractivity contribution < 1.29 is 0 Å². The molecule has 0 bridgehead atoms. The standard InChI is InChI=1S/C45H32N4/c1-45(2)40-24-22-34(27-39(40)38-23-21-31-12-6-7-16-37(31)41(38)45)30-17-19-32(20-18-30)42-47-43(49-44(48-42)36-15-9-25-46-28-36)35-14-8-13-33(26-35)29-10-4-3-5-11-29/h3-28H,1-2H3. The number of aromatic nitrogens is 4. The number of rotatable bonds is 5. The van der Waals surface area contributed by atoms with Gasteiger partial charge >= 0.3 is 0 Å². The number of nitrogens with zero attached hydrogens (tertiary/aromatic N) is 4. The van der Waals surface area contributed by atoms with Crippen LogP contribution in [0.2, 0.25) is 0 Å². The smallest absolute Gasteiger partial charge is 0.165 e. The number of hydrogen-bond donors (Lipinski definition) is 0. The first-order valence-corrected chi connectivity index (χ1v) is 16.6. The highest BCUT2D eigenvalue weighted by atomic mass is 15.0. The van der Waals surface area contributed by atoms with E-state index in [1.165, 1.54) is 38.6 Å². The molecular formula is C45H32N4. The van der Waals surface area contributed by atoms with E-state index in [1.807, 2.05) is 18.2 Å². The maximum atomic E-state index is 5.01. The molecule has 0 saturated carbocycles. The molecule has 0 N–H and O–H groups in total. The molecule has 6 aromatic carbocycles. The molecule has 4 heteroatoms. The molecule has 0 radical (unpaired) electrons. The molecule has 232 valence electrons. The predicted molar refractivity (Wildman–Crippen MR) is 200 cm³/mol. The summed E-state index contributed by atoms with van der Waals surface area (Å²) in [6.45, 7) is 4.69. The molecule has 0 spiro atoms. The van der Waals surface area contributed by atoms with E-state index in [-0.39, 0.29) is 5.41 Å². The SMILES string of the molecule is CC1(C)c2ccc(-c3ccc(-c4nc(-c5cccnc5)nc(-c5cccc(-c6ccccc6)c5)n4)cc3)cc2-c2ccc3ccccc3c21. The summed E-state index contributed by atoms with van der Waals surface area (Å²) in [6.07, 6.45) is 3.55. The van der Waals surface area contributed by atoms with E-state index in [1.54, 1.807) is 12.4 Å². The predicted octanol–water partition coefficient (Wildman–Crippen LogP) is 11.1. The highest BCUT2D eigenvalue weighted by Crippen LogP contribution is 2.52. The molecule has 49 heavy (non-hydrogen) atoms. The Morgan fingerprint density at radius 1 is 0.429 bits per heavy atom. The van der Waals surface area contributed by atoms with E-state index < -0.39 is 0 Å². The van der Waals surface area contributed by atoms with Crippen molar-refractivity contribution in [2.24, 2.45) is 0 Å². The molecule has 0 atom stereocenters. The Bertz CT molecular complexity index is 2500. The van der Waals surface area contributed by atoms with Gasteiger partial charge in [0.2, 0.25) is 0 Å². The van der Waals surface area contributed by atoms with E-state index in [0.29, 0.717) is 17.5 Å². The Kier molecular flexibility index (Phi) is 6.77. The molecule has 1 aliphatic rings. The summed E-state index contributed by atoms with van der Waals surface area (Å²) in [7, 11) is 0. The molecule has 0 unspecified atom stereocenters. The van der Waals surface area contributed by atoms with Gasteiger partial charge in [0.05, 0.1) is 0 Å². The second-order valence-electron chi connectivity index (χ2n) is 13.2. The van der Waals surface area contributed by atoms with E-state index >= 15 is 0 Å². The minimum absolute atomic E-state index is 0.0725. The lowest BCUT2D eigenvalue weighted by Crippen LogP contribution is -2.15. The molecule has 2 aromatic heterocycles. The third-order valence-electron chi connectivity index (χ3n) is 9.80. The summed E-state index contributed by atoms with van der Waals surface area (Å²) >= 11 is 0. The first-order valence-electron chi connectivity index (χ1n) is 16.6. The fourth-order valence-corrected chi connectivity index (χ4v) is 7.33. The number of pyridine rings is 1. The van der Waals surface area contributed by atoms with Crippen LogP contribution in [-0.2, 0) is 5.41 Å². The van der Waals surface area contributed by atoms with Gasteiger partial charge in [0, 0.05) is 34.5 Å². The second kappa shape index (κ2) is 11.5. The third kappa shape index (κ3) is 5.01. The van der Waals surface area contributed by atoms with Crippen molar-refractivity contribution >= 4 is 10.8 Å². The lowest BCUT2D eigenvalue weighted by Gasteiger charge is -2.23. The van der Waals surface area contributed by atoms with Crippen LogP contribution in [0.3, 0.4) is 0 Å². The summed E-state index contributed by atoms with van der Waals surface area (Å²) < 4.78 is 0. The fourth-order valence-electron chi connectivity index (χ4n) is 7.33. The van der Waals surface area contributed by atoms with Crippen LogP contribution in [0.25, 0.3) is 78.3 Å². The largest absolute Gasteiger partial charge is 0.264 e. The Labute approximate surface area is 285 Å². The summed E-state index contributed by atoms with van der Waals surface area (Å²) in [5.74, 6) is 1.84. The Hall–Kier alpha value is -6.26. The van der Waals surface area contributed by atoms with Crippen LogP contribution in [0.5, 0.6) is 0 Å². The molecule has 9 rings (SSSR count). The Balaban J connectivity index is 1.10. The van der Waals surface area contributed by atoms with Gasteiger partial charge in [-0.2, -0.15) is 0 Å². The zero-order valence-corrected chi connectivity index (χ0v) is 27.3. The summed E-state index contributed by atoms with van der Waals surface area (Å²) in [6, 6.07) is 51.4. The zero-order chi connectivity index (χ0) is 33.0. The minimum atomic E-state index is -0.0725. The molecular weight excluding hydrogens is 597 g/mol. The van der Waals surface area contributed by atoms with Gasteiger partial charge in [0.15, 0.2) is 17.5 Å². The average Bonchev–Trinajstić information content (AvgIpc) is 3.41. The first kappa shape index (κ1) is 28.9. The van der Waals surface area contributed by atoms with Crippen molar-refractivity contribution in [3.05, 3.63) is 169 Å². The molecule has 0 fully saturated rings. The van der Waals surface area contributed by atoms with Gasteiger partial charge in [0.25, 0.3) is 0 Å². The maximum absolute atomic E-state index is 5.01. The third-order valence-corrected chi connectivity index (χ3v) is 9.80. The highest BCUT2D eigenvalue weighted by Gasteiger charge is 2.36. The Morgan fingerprint density at radius 3 is 1.84 bits per heavy atom. The van der Waals surface area contributed by atoms with Crippen LogP contribution >= 0.6 is 0 Å². The van der Waals surface area contributed by atoms with Gasteiger partial charge < -0.3 is 0 Å². The van der Waals surface area contributed by atoms with Gasteiger partial charge in [-0.3, -0.25) is 4.98 Å².